The molecule has 6 nitrogen and oxygen atoms in total. The minimum Gasteiger partial charge on any atom is -0.468 e. The molecular weight excluding hydrogens is 254 g/mol. The Labute approximate surface area is 105 Å². The van der Waals surface area contributed by atoms with Crippen LogP contribution in [-0.2, 0) is 16.6 Å². The molecule has 1 N–H and O–H groups in total. The number of rotatable bonds is 5. The summed E-state index contributed by atoms with van der Waals surface area (Å²) in [6.45, 7) is 0.269. The van der Waals surface area contributed by atoms with Gasteiger partial charge in [0.25, 0.3) is 0 Å². The van der Waals surface area contributed by atoms with E-state index < -0.39 is 10.0 Å². The number of hydrogen-bond donors (Lipinski definition) is 1. The van der Waals surface area contributed by atoms with E-state index in [-0.39, 0.29) is 17.5 Å². The minimum absolute atomic E-state index is 0.0787. The molecule has 1 fully saturated rings. The molecule has 2 aromatic rings. The lowest BCUT2D eigenvalue weighted by atomic mass is 10.4. The predicted octanol–water partition coefficient (Wildman–Crippen LogP) is 1.36. The fraction of sp³-hybridized carbons (Fsp3) is 0.364. The molecule has 2 heterocycles. The SMILES string of the molecule is O=S(=O)(c1cn[nH]c1)N(Cc1ccco1)C1CC1. The quantitative estimate of drug-likeness (QED) is 0.887. The van der Waals surface area contributed by atoms with E-state index in [1.165, 1.54) is 16.7 Å². The molecule has 7 heteroatoms. The van der Waals surface area contributed by atoms with Crippen LogP contribution in [-0.4, -0.2) is 29.0 Å². The van der Waals surface area contributed by atoms with E-state index in [9.17, 15) is 8.42 Å². The van der Waals surface area contributed by atoms with Gasteiger partial charge in [0.05, 0.1) is 19.0 Å². The van der Waals surface area contributed by atoms with E-state index in [1.54, 1.807) is 18.4 Å². The van der Waals surface area contributed by atoms with Crippen molar-refractivity contribution in [2.24, 2.45) is 0 Å². The molecule has 1 saturated carbocycles. The largest absolute Gasteiger partial charge is 0.468 e. The van der Waals surface area contributed by atoms with Gasteiger partial charge < -0.3 is 4.42 Å². The first-order chi connectivity index (χ1) is 8.68. The fourth-order valence-corrected chi connectivity index (χ4v) is 3.40. The monoisotopic (exact) mass is 267 g/mol. The van der Waals surface area contributed by atoms with Gasteiger partial charge in [0, 0.05) is 12.2 Å². The number of furan rings is 1. The smallest absolute Gasteiger partial charge is 0.246 e. The van der Waals surface area contributed by atoms with Gasteiger partial charge in [0.15, 0.2) is 0 Å². The Balaban J connectivity index is 1.90. The van der Waals surface area contributed by atoms with E-state index in [1.807, 2.05) is 0 Å². The third-order valence-electron chi connectivity index (χ3n) is 2.93. The predicted molar refractivity (Wildman–Crippen MR) is 63.0 cm³/mol. The first kappa shape index (κ1) is 11.5. The van der Waals surface area contributed by atoms with Crippen molar-refractivity contribution in [3.8, 4) is 0 Å². The molecule has 3 rings (SSSR count). The highest BCUT2D eigenvalue weighted by Gasteiger charge is 2.38. The number of nitrogens with one attached hydrogen (secondary N) is 1. The maximum atomic E-state index is 12.4. The van der Waals surface area contributed by atoms with E-state index in [0.29, 0.717) is 5.76 Å². The number of hydrogen-bond acceptors (Lipinski definition) is 4. The zero-order valence-electron chi connectivity index (χ0n) is 9.61. The van der Waals surface area contributed by atoms with Gasteiger partial charge in [-0.2, -0.15) is 9.40 Å². The van der Waals surface area contributed by atoms with Gasteiger partial charge in [0.2, 0.25) is 10.0 Å². The molecule has 2 aromatic heterocycles. The van der Waals surface area contributed by atoms with Gasteiger partial charge in [0.1, 0.15) is 10.7 Å². The molecule has 0 aromatic carbocycles. The number of sulfonamides is 1. The van der Waals surface area contributed by atoms with Crippen LogP contribution < -0.4 is 0 Å². The molecule has 1 aliphatic rings. The summed E-state index contributed by atoms with van der Waals surface area (Å²) < 4.78 is 31.6. The second kappa shape index (κ2) is 4.25. The minimum atomic E-state index is -3.49. The normalized spacial score (nSPS) is 16.3. The van der Waals surface area contributed by atoms with Crippen LogP contribution >= 0.6 is 0 Å². The van der Waals surface area contributed by atoms with Crippen molar-refractivity contribution in [1.82, 2.24) is 14.5 Å². The molecule has 18 heavy (non-hydrogen) atoms. The summed E-state index contributed by atoms with van der Waals surface area (Å²) in [5.41, 5.74) is 0. The average Bonchev–Trinajstić information content (AvgIpc) is 2.87. The van der Waals surface area contributed by atoms with Crippen LogP contribution in [0, 0.1) is 0 Å². The lowest BCUT2D eigenvalue weighted by Gasteiger charge is -2.19. The van der Waals surface area contributed by atoms with E-state index in [4.69, 9.17) is 4.42 Å². The van der Waals surface area contributed by atoms with Crippen LogP contribution in [0.4, 0.5) is 0 Å². The molecule has 0 saturated heterocycles. The van der Waals surface area contributed by atoms with E-state index in [0.717, 1.165) is 12.8 Å². The molecule has 0 atom stereocenters. The van der Waals surface area contributed by atoms with Crippen molar-refractivity contribution < 1.29 is 12.8 Å². The lowest BCUT2D eigenvalue weighted by molar-refractivity contribution is 0.356. The molecule has 96 valence electrons. The third-order valence-corrected chi connectivity index (χ3v) is 4.79. The number of H-pyrrole nitrogens is 1. The Hall–Kier alpha value is -1.60. The van der Waals surface area contributed by atoms with Gasteiger partial charge >= 0.3 is 0 Å². The molecule has 0 amide bonds. The summed E-state index contributed by atoms with van der Waals surface area (Å²) in [5.74, 6) is 0.647. The van der Waals surface area contributed by atoms with Crippen LogP contribution in [0.1, 0.15) is 18.6 Å². The Morgan fingerprint density at radius 3 is 2.89 bits per heavy atom. The fourth-order valence-electron chi connectivity index (χ4n) is 1.84. The Morgan fingerprint density at radius 1 is 1.50 bits per heavy atom. The highest BCUT2D eigenvalue weighted by Crippen LogP contribution is 2.33. The summed E-state index contributed by atoms with van der Waals surface area (Å²) >= 11 is 0. The standard InChI is InChI=1S/C11H13N3O3S/c15-18(16,11-6-12-13-7-11)14(9-3-4-9)8-10-2-1-5-17-10/h1-2,5-7,9H,3-4,8H2,(H,12,13). The van der Waals surface area contributed by atoms with Gasteiger partial charge in [-0.3, -0.25) is 5.10 Å². The highest BCUT2D eigenvalue weighted by atomic mass is 32.2. The van der Waals surface area contributed by atoms with Gasteiger partial charge in [-0.15, -0.1) is 0 Å². The number of nitrogens with zero attached hydrogens (tertiary/aromatic N) is 2. The maximum absolute atomic E-state index is 12.4. The summed E-state index contributed by atoms with van der Waals surface area (Å²) in [6.07, 6.45) is 6.07. The molecular formula is C11H13N3O3S. The number of aromatic nitrogens is 2. The van der Waals surface area contributed by atoms with Crippen molar-refractivity contribution in [3.63, 3.8) is 0 Å². The van der Waals surface area contributed by atoms with Gasteiger partial charge in [-0.05, 0) is 25.0 Å². The second-order valence-corrected chi connectivity index (χ2v) is 6.19. The van der Waals surface area contributed by atoms with Crippen LogP contribution in [0.15, 0.2) is 40.1 Å². The zero-order valence-corrected chi connectivity index (χ0v) is 10.4. The molecule has 0 aliphatic heterocycles. The Kier molecular flexibility index (Phi) is 2.71. The first-order valence-electron chi connectivity index (χ1n) is 5.71. The summed E-state index contributed by atoms with van der Waals surface area (Å²) in [5, 5.41) is 6.22. The van der Waals surface area contributed by atoms with Crippen LogP contribution in [0.2, 0.25) is 0 Å². The third kappa shape index (κ3) is 2.06. The summed E-state index contributed by atoms with van der Waals surface area (Å²) in [7, 11) is -3.49. The van der Waals surface area contributed by atoms with Crippen LogP contribution in [0.5, 0.6) is 0 Å². The molecule has 0 radical (unpaired) electrons. The molecule has 0 bridgehead atoms. The Morgan fingerprint density at radius 2 is 2.33 bits per heavy atom. The van der Waals surface area contributed by atoms with E-state index in [2.05, 4.69) is 10.2 Å². The Bertz CT molecular complexity index is 600. The van der Waals surface area contributed by atoms with Crippen molar-refractivity contribution in [2.45, 2.75) is 30.3 Å². The van der Waals surface area contributed by atoms with Crippen molar-refractivity contribution in [2.75, 3.05) is 0 Å². The molecule has 1 aliphatic carbocycles. The topological polar surface area (TPSA) is 79.2 Å². The molecule has 0 spiro atoms. The van der Waals surface area contributed by atoms with Gasteiger partial charge in [-0.25, -0.2) is 8.42 Å². The second-order valence-electron chi connectivity index (χ2n) is 4.29. The zero-order chi connectivity index (χ0) is 12.6. The van der Waals surface area contributed by atoms with Crippen molar-refractivity contribution >= 4 is 10.0 Å². The lowest BCUT2D eigenvalue weighted by Crippen LogP contribution is -2.32. The van der Waals surface area contributed by atoms with Crippen molar-refractivity contribution in [1.29, 1.82) is 0 Å². The maximum Gasteiger partial charge on any atom is 0.246 e. The summed E-state index contributed by atoms with van der Waals surface area (Å²) in [6, 6.07) is 3.61. The van der Waals surface area contributed by atoms with Crippen LogP contribution in [0.3, 0.4) is 0 Å². The first-order valence-corrected chi connectivity index (χ1v) is 7.15. The van der Waals surface area contributed by atoms with Gasteiger partial charge in [-0.1, -0.05) is 0 Å². The average molecular weight is 267 g/mol. The van der Waals surface area contributed by atoms with Crippen molar-refractivity contribution in [3.05, 3.63) is 36.5 Å². The highest BCUT2D eigenvalue weighted by molar-refractivity contribution is 7.89. The molecule has 0 unspecified atom stereocenters. The summed E-state index contributed by atoms with van der Waals surface area (Å²) in [4.78, 5) is 0.195. The number of aromatic amines is 1. The van der Waals surface area contributed by atoms with Crippen LogP contribution in [0.25, 0.3) is 0 Å². The van der Waals surface area contributed by atoms with E-state index >= 15 is 0 Å².